The molecule has 0 bridgehead atoms. The number of hydrogen-bond acceptors (Lipinski definition) is 7. The topological polar surface area (TPSA) is 84.5 Å². The predicted molar refractivity (Wildman–Crippen MR) is 103 cm³/mol. The zero-order valence-electron chi connectivity index (χ0n) is 13.3. The van der Waals surface area contributed by atoms with Crippen LogP contribution in [0.4, 0.5) is 5.82 Å². The summed E-state index contributed by atoms with van der Waals surface area (Å²) in [6, 6.07) is 4.61. The Kier molecular flexibility index (Phi) is 4.42. The number of nitrogens with zero attached hydrogens (tertiary/aromatic N) is 5. The van der Waals surface area contributed by atoms with Crippen molar-refractivity contribution in [2.75, 3.05) is 5.01 Å². The minimum absolute atomic E-state index is 0.0964. The van der Waals surface area contributed by atoms with Crippen LogP contribution in [0.5, 0.6) is 0 Å². The van der Waals surface area contributed by atoms with E-state index in [1.807, 2.05) is 0 Å². The lowest BCUT2D eigenvalue weighted by Gasteiger charge is -2.21. The van der Waals surface area contributed by atoms with Crippen LogP contribution in [0.25, 0.3) is 11.0 Å². The van der Waals surface area contributed by atoms with Crippen LogP contribution in [0.1, 0.15) is 23.9 Å². The largest absolute Gasteiger partial charge is 0.404 e. The number of halogens is 3. The smallest absolute Gasteiger partial charge is 0.365 e. The molecule has 0 spiro atoms. The minimum Gasteiger partial charge on any atom is -0.404 e. The van der Waals surface area contributed by atoms with Gasteiger partial charge in [0, 0.05) is 12.6 Å². The summed E-state index contributed by atoms with van der Waals surface area (Å²) in [5.74, 6) is 0.652. The number of hydrazone groups is 1. The van der Waals surface area contributed by atoms with Crippen molar-refractivity contribution >= 4 is 60.6 Å². The molecule has 26 heavy (non-hydrogen) atoms. The van der Waals surface area contributed by atoms with Crippen molar-refractivity contribution in [2.45, 2.75) is 19.4 Å². The van der Waals surface area contributed by atoms with E-state index in [4.69, 9.17) is 27.6 Å². The Bertz CT molecular complexity index is 1120. The molecule has 3 aromatic heterocycles. The first-order chi connectivity index (χ1) is 12.4. The lowest BCUT2D eigenvalue weighted by molar-refractivity contribution is 0.406. The molecule has 1 aliphatic rings. The van der Waals surface area contributed by atoms with Gasteiger partial charge < -0.3 is 4.42 Å². The van der Waals surface area contributed by atoms with Gasteiger partial charge in [0.15, 0.2) is 11.3 Å². The molecule has 7 nitrogen and oxygen atoms in total. The summed E-state index contributed by atoms with van der Waals surface area (Å²) in [7, 11) is 0. The number of aryl methyl sites for hydroxylation is 1. The quantitative estimate of drug-likeness (QED) is 0.538. The molecule has 0 aliphatic carbocycles. The molecule has 3 aromatic rings. The van der Waals surface area contributed by atoms with E-state index < -0.39 is 11.7 Å². The Morgan fingerprint density at radius 2 is 2.12 bits per heavy atom. The molecule has 4 rings (SSSR count). The predicted octanol–water partition coefficient (Wildman–Crippen LogP) is 4.25. The minimum atomic E-state index is -0.606. The third-order valence-corrected chi connectivity index (χ3v) is 4.85. The second-order valence-electron chi connectivity index (χ2n) is 5.65. The Morgan fingerprint density at radius 3 is 2.88 bits per heavy atom. The van der Waals surface area contributed by atoms with Crippen LogP contribution in [-0.2, 0) is 0 Å². The molecule has 4 heterocycles. The van der Waals surface area contributed by atoms with Crippen LogP contribution in [0, 0.1) is 6.92 Å². The molecule has 0 amide bonds. The van der Waals surface area contributed by atoms with Crippen molar-refractivity contribution in [1.29, 1.82) is 0 Å². The fourth-order valence-electron chi connectivity index (χ4n) is 2.73. The molecular formula is C16H10BrCl2N5O2. The molecule has 0 N–H and O–H groups in total. The summed E-state index contributed by atoms with van der Waals surface area (Å²) in [5, 5.41) is 6.63. The van der Waals surface area contributed by atoms with Crippen LogP contribution < -0.4 is 10.6 Å². The maximum Gasteiger partial charge on any atom is 0.365 e. The molecule has 0 aromatic carbocycles. The van der Waals surface area contributed by atoms with Crippen molar-refractivity contribution < 1.29 is 4.42 Å². The van der Waals surface area contributed by atoms with E-state index in [1.165, 1.54) is 0 Å². The fraction of sp³-hybridized carbons (Fsp3) is 0.188. The van der Waals surface area contributed by atoms with E-state index in [1.54, 1.807) is 36.3 Å². The Hall–Kier alpha value is -2.03. The van der Waals surface area contributed by atoms with Gasteiger partial charge in [-0.2, -0.15) is 5.10 Å². The lowest BCUT2D eigenvalue weighted by Crippen LogP contribution is -2.23. The highest BCUT2D eigenvalue weighted by atomic mass is 79.9. The first-order valence-corrected chi connectivity index (χ1v) is 9.09. The third-order valence-electron chi connectivity index (χ3n) is 3.88. The summed E-state index contributed by atoms with van der Waals surface area (Å²) < 4.78 is 6.10. The third kappa shape index (κ3) is 2.98. The van der Waals surface area contributed by atoms with E-state index in [2.05, 4.69) is 36.0 Å². The highest BCUT2D eigenvalue weighted by Gasteiger charge is 2.34. The second-order valence-corrected chi connectivity index (χ2v) is 7.36. The van der Waals surface area contributed by atoms with Crippen LogP contribution in [0.3, 0.4) is 0 Å². The summed E-state index contributed by atoms with van der Waals surface area (Å²) in [4.78, 5) is 25.2. The average molecular weight is 455 g/mol. The highest BCUT2D eigenvalue weighted by molar-refractivity contribution is 9.18. The first kappa shape index (κ1) is 17.4. The van der Waals surface area contributed by atoms with Gasteiger partial charge in [0.1, 0.15) is 21.3 Å². The molecule has 1 aliphatic heterocycles. The van der Waals surface area contributed by atoms with Crippen LogP contribution in [0.2, 0.25) is 10.2 Å². The summed E-state index contributed by atoms with van der Waals surface area (Å²) >= 11 is 15.6. The molecule has 1 unspecified atom stereocenters. The van der Waals surface area contributed by atoms with Crippen LogP contribution in [0.15, 0.2) is 38.7 Å². The number of fused-ring (bicyclic) bond motifs is 1. The molecule has 1 atom stereocenters. The van der Waals surface area contributed by atoms with Crippen LogP contribution >= 0.6 is 39.1 Å². The van der Waals surface area contributed by atoms with Crippen molar-refractivity contribution in [1.82, 2.24) is 15.0 Å². The van der Waals surface area contributed by atoms with E-state index in [0.29, 0.717) is 27.4 Å². The standard InChI is InChI=1S/C16H10BrCl2N5O2/c1-7-5-11(19)21-13-12(7)22-15(26-16(13)25)9-6-10(17)23-24(9)14-8(18)3-2-4-20-14/h2-5,9H,6H2,1H3. The van der Waals surface area contributed by atoms with Gasteiger partial charge in [-0.15, -0.1) is 0 Å². The zero-order chi connectivity index (χ0) is 18.4. The number of aromatic nitrogens is 3. The Morgan fingerprint density at radius 1 is 1.31 bits per heavy atom. The van der Waals surface area contributed by atoms with Crippen LogP contribution in [-0.4, -0.2) is 19.6 Å². The number of anilines is 1. The monoisotopic (exact) mass is 453 g/mol. The van der Waals surface area contributed by atoms with Gasteiger partial charge in [-0.05, 0) is 46.6 Å². The highest BCUT2D eigenvalue weighted by Crippen LogP contribution is 2.37. The van der Waals surface area contributed by atoms with Gasteiger partial charge in [0.2, 0.25) is 5.89 Å². The Balaban J connectivity index is 1.87. The van der Waals surface area contributed by atoms with Gasteiger partial charge in [0.25, 0.3) is 0 Å². The van der Waals surface area contributed by atoms with Crippen molar-refractivity contribution in [3.8, 4) is 0 Å². The summed E-state index contributed by atoms with van der Waals surface area (Å²) in [5.41, 5.74) is 0.662. The maximum absolute atomic E-state index is 12.4. The maximum atomic E-state index is 12.4. The van der Waals surface area contributed by atoms with Crippen molar-refractivity contribution in [2.24, 2.45) is 5.10 Å². The fourth-order valence-corrected chi connectivity index (χ4v) is 3.67. The van der Waals surface area contributed by atoms with Gasteiger partial charge in [-0.1, -0.05) is 23.2 Å². The first-order valence-electron chi connectivity index (χ1n) is 7.54. The molecule has 10 heteroatoms. The molecule has 0 radical (unpaired) electrons. The van der Waals surface area contributed by atoms with E-state index in [-0.39, 0.29) is 16.6 Å². The molecule has 0 fully saturated rings. The molecular weight excluding hydrogens is 445 g/mol. The zero-order valence-corrected chi connectivity index (χ0v) is 16.4. The second kappa shape index (κ2) is 6.61. The van der Waals surface area contributed by atoms with E-state index >= 15 is 0 Å². The Labute approximate surface area is 165 Å². The summed E-state index contributed by atoms with van der Waals surface area (Å²) in [6.07, 6.45) is 2.06. The van der Waals surface area contributed by atoms with Gasteiger partial charge in [-0.3, -0.25) is 0 Å². The number of rotatable bonds is 2. The lowest BCUT2D eigenvalue weighted by atomic mass is 10.2. The molecule has 0 saturated carbocycles. The average Bonchev–Trinajstić information content (AvgIpc) is 2.97. The number of hydrogen-bond donors (Lipinski definition) is 0. The molecule has 0 saturated heterocycles. The van der Waals surface area contributed by atoms with Gasteiger partial charge in [0.05, 0.1) is 5.02 Å². The van der Waals surface area contributed by atoms with Gasteiger partial charge >= 0.3 is 5.63 Å². The normalized spacial score (nSPS) is 17.0. The molecule has 132 valence electrons. The number of pyridine rings is 2. The SMILES string of the molecule is Cc1cc(Cl)nc2c(=O)oc(C3CC(Br)=NN3c3ncccc3Cl)nc12. The van der Waals surface area contributed by atoms with Crippen molar-refractivity contribution in [3.63, 3.8) is 0 Å². The summed E-state index contributed by atoms with van der Waals surface area (Å²) in [6.45, 7) is 1.81. The van der Waals surface area contributed by atoms with E-state index in [9.17, 15) is 4.79 Å². The van der Waals surface area contributed by atoms with Gasteiger partial charge in [-0.25, -0.2) is 24.8 Å². The van der Waals surface area contributed by atoms with Crippen molar-refractivity contribution in [3.05, 3.63) is 56.4 Å². The van der Waals surface area contributed by atoms with E-state index in [0.717, 1.165) is 5.56 Å².